The van der Waals surface area contributed by atoms with Gasteiger partial charge in [-0.3, -0.25) is 4.79 Å². The molecule has 1 N–H and O–H groups in total. The number of carbonyl (C=O) groups excluding carboxylic acids is 2. The van der Waals surface area contributed by atoms with Gasteiger partial charge in [-0.05, 0) is 12.8 Å². The molecule has 1 heterocycles. The van der Waals surface area contributed by atoms with Crippen molar-refractivity contribution in [1.82, 2.24) is 15.1 Å². The van der Waals surface area contributed by atoms with Crippen molar-refractivity contribution in [3.05, 3.63) is 0 Å². The van der Waals surface area contributed by atoms with Gasteiger partial charge in [0, 0.05) is 40.2 Å². The molecule has 86 valence electrons. The number of rotatable bonds is 3. The maximum atomic E-state index is 11.5. The zero-order valence-corrected chi connectivity index (χ0v) is 9.45. The van der Waals surface area contributed by atoms with Crippen LogP contribution in [0, 0.1) is 0 Å². The van der Waals surface area contributed by atoms with Gasteiger partial charge in [-0.1, -0.05) is 0 Å². The van der Waals surface area contributed by atoms with Crippen molar-refractivity contribution in [3.8, 4) is 0 Å². The fourth-order valence-corrected chi connectivity index (χ4v) is 1.53. The second-order valence-electron chi connectivity index (χ2n) is 3.96. The van der Waals surface area contributed by atoms with Crippen LogP contribution in [0.15, 0.2) is 0 Å². The maximum Gasteiger partial charge on any atom is 0.317 e. The average Bonchev–Trinajstić information content (AvgIpc) is 2.70. The van der Waals surface area contributed by atoms with Gasteiger partial charge in [0.25, 0.3) is 0 Å². The summed E-state index contributed by atoms with van der Waals surface area (Å²) in [6.45, 7) is 2.10. The van der Waals surface area contributed by atoms with Crippen LogP contribution in [0.3, 0.4) is 0 Å². The number of likely N-dealkylation sites (tertiary alicyclic amines) is 1. The van der Waals surface area contributed by atoms with Gasteiger partial charge >= 0.3 is 6.03 Å². The lowest BCUT2D eigenvalue weighted by Crippen LogP contribution is -2.39. The molecule has 0 saturated carbocycles. The summed E-state index contributed by atoms with van der Waals surface area (Å²) in [7, 11) is 3.43. The Morgan fingerprint density at radius 3 is 2.40 bits per heavy atom. The zero-order chi connectivity index (χ0) is 11.3. The van der Waals surface area contributed by atoms with Gasteiger partial charge in [-0.25, -0.2) is 4.79 Å². The van der Waals surface area contributed by atoms with Crippen LogP contribution >= 0.6 is 0 Å². The lowest BCUT2D eigenvalue weighted by molar-refractivity contribution is -0.128. The molecule has 1 aliphatic heterocycles. The van der Waals surface area contributed by atoms with Crippen molar-refractivity contribution in [3.63, 3.8) is 0 Å². The smallest absolute Gasteiger partial charge is 0.317 e. The molecule has 1 rings (SSSR count). The summed E-state index contributed by atoms with van der Waals surface area (Å²) in [6, 6.07) is -0.0425. The summed E-state index contributed by atoms with van der Waals surface area (Å²) >= 11 is 0. The van der Waals surface area contributed by atoms with Crippen molar-refractivity contribution >= 4 is 11.9 Å². The minimum atomic E-state index is -0.0425. The Balaban J connectivity index is 2.14. The van der Waals surface area contributed by atoms with E-state index in [-0.39, 0.29) is 11.9 Å². The van der Waals surface area contributed by atoms with Crippen molar-refractivity contribution in [1.29, 1.82) is 0 Å². The van der Waals surface area contributed by atoms with Crippen LogP contribution in [-0.4, -0.2) is 55.5 Å². The van der Waals surface area contributed by atoms with Crippen LogP contribution in [-0.2, 0) is 4.79 Å². The molecular weight excluding hydrogens is 194 g/mol. The van der Waals surface area contributed by atoms with Crippen LogP contribution < -0.4 is 5.32 Å². The largest absolute Gasteiger partial charge is 0.349 e. The second kappa shape index (κ2) is 5.58. The Kier molecular flexibility index (Phi) is 4.39. The van der Waals surface area contributed by atoms with Gasteiger partial charge in [-0.15, -0.1) is 0 Å². The molecule has 0 radical (unpaired) electrons. The quantitative estimate of drug-likeness (QED) is 0.731. The minimum Gasteiger partial charge on any atom is -0.349 e. The van der Waals surface area contributed by atoms with E-state index < -0.39 is 0 Å². The summed E-state index contributed by atoms with van der Waals surface area (Å²) in [5, 5.41) is 2.75. The SMILES string of the molecule is CN(C)C(=O)CCNC(=O)N1CCCC1. The number of hydrogen-bond acceptors (Lipinski definition) is 2. The first-order valence-electron chi connectivity index (χ1n) is 5.34. The monoisotopic (exact) mass is 213 g/mol. The lowest BCUT2D eigenvalue weighted by Gasteiger charge is -2.16. The predicted molar refractivity (Wildman–Crippen MR) is 57.5 cm³/mol. The highest BCUT2D eigenvalue weighted by Crippen LogP contribution is 2.06. The molecule has 0 bridgehead atoms. The van der Waals surface area contributed by atoms with E-state index in [1.54, 1.807) is 19.0 Å². The van der Waals surface area contributed by atoms with Crippen LogP contribution in [0.4, 0.5) is 4.79 Å². The fourth-order valence-electron chi connectivity index (χ4n) is 1.53. The molecular formula is C10H19N3O2. The van der Waals surface area contributed by atoms with Gasteiger partial charge in [0.1, 0.15) is 0 Å². The molecule has 3 amide bonds. The van der Waals surface area contributed by atoms with Crippen LogP contribution in [0.1, 0.15) is 19.3 Å². The normalized spacial score (nSPS) is 15.2. The highest BCUT2D eigenvalue weighted by molar-refractivity contribution is 5.78. The van der Waals surface area contributed by atoms with E-state index in [0.29, 0.717) is 13.0 Å². The Hall–Kier alpha value is -1.26. The molecule has 1 saturated heterocycles. The van der Waals surface area contributed by atoms with E-state index >= 15 is 0 Å². The summed E-state index contributed by atoms with van der Waals surface area (Å²) < 4.78 is 0. The third kappa shape index (κ3) is 3.77. The van der Waals surface area contributed by atoms with Crippen molar-refractivity contribution in [2.24, 2.45) is 0 Å². The van der Waals surface area contributed by atoms with E-state index in [4.69, 9.17) is 0 Å². The molecule has 0 aromatic heterocycles. The fraction of sp³-hybridized carbons (Fsp3) is 0.800. The predicted octanol–water partition coefficient (Wildman–Crippen LogP) is 0.270. The Morgan fingerprint density at radius 2 is 1.87 bits per heavy atom. The summed E-state index contributed by atoms with van der Waals surface area (Å²) in [6.07, 6.45) is 2.54. The molecule has 0 aromatic rings. The van der Waals surface area contributed by atoms with Crippen molar-refractivity contribution < 1.29 is 9.59 Å². The van der Waals surface area contributed by atoms with E-state index in [1.165, 1.54) is 4.90 Å². The summed E-state index contributed by atoms with van der Waals surface area (Å²) in [4.78, 5) is 26.0. The Bertz CT molecular complexity index is 235. The first-order valence-corrected chi connectivity index (χ1v) is 5.34. The number of urea groups is 1. The van der Waals surface area contributed by atoms with Crippen LogP contribution in [0.25, 0.3) is 0 Å². The van der Waals surface area contributed by atoms with Gasteiger partial charge in [0.2, 0.25) is 5.91 Å². The second-order valence-corrected chi connectivity index (χ2v) is 3.96. The molecule has 1 aliphatic rings. The topological polar surface area (TPSA) is 52.7 Å². The Morgan fingerprint density at radius 1 is 1.27 bits per heavy atom. The van der Waals surface area contributed by atoms with Crippen molar-refractivity contribution in [2.75, 3.05) is 33.7 Å². The van der Waals surface area contributed by atoms with Crippen LogP contribution in [0.5, 0.6) is 0 Å². The van der Waals surface area contributed by atoms with Gasteiger partial charge in [0.05, 0.1) is 0 Å². The van der Waals surface area contributed by atoms with Gasteiger partial charge in [-0.2, -0.15) is 0 Å². The summed E-state index contributed by atoms with van der Waals surface area (Å²) in [5.41, 5.74) is 0. The first kappa shape index (κ1) is 11.8. The molecule has 0 unspecified atom stereocenters. The minimum absolute atomic E-state index is 0.0386. The number of amides is 3. The highest BCUT2D eigenvalue weighted by atomic mass is 16.2. The number of carbonyl (C=O) groups is 2. The highest BCUT2D eigenvalue weighted by Gasteiger charge is 2.17. The molecule has 0 aliphatic carbocycles. The van der Waals surface area contributed by atoms with Gasteiger partial charge < -0.3 is 15.1 Å². The van der Waals surface area contributed by atoms with Gasteiger partial charge in [0.15, 0.2) is 0 Å². The molecule has 15 heavy (non-hydrogen) atoms. The van der Waals surface area contributed by atoms with Crippen LogP contribution in [0.2, 0.25) is 0 Å². The third-order valence-electron chi connectivity index (χ3n) is 2.51. The number of nitrogens with one attached hydrogen (secondary N) is 1. The molecule has 5 nitrogen and oxygen atoms in total. The molecule has 5 heteroatoms. The molecule has 1 fully saturated rings. The zero-order valence-electron chi connectivity index (χ0n) is 9.45. The molecule has 0 spiro atoms. The van der Waals surface area contributed by atoms with Crippen molar-refractivity contribution in [2.45, 2.75) is 19.3 Å². The number of nitrogens with zero attached hydrogens (tertiary/aromatic N) is 2. The molecule has 0 atom stereocenters. The average molecular weight is 213 g/mol. The summed E-state index contributed by atoms with van der Waals surface area (Å²) in [5.74, 6) is 0.0386. The van der Waals surface area contributed by atoms with E-state index in [0.717, 1.165) is 25.9 Å². The first-order chi connectivity index (χ1) is 7.11. The number of hydrogen-bond donors (Lipinski definition) is 1. The lowest BCUT2D eigenvalue weighted by atomic mass is 10.4. The standard InChI is InChI=1S/C10H19N3O2/c1-12(2)9(14)5-6-11-10(15)13-7-3-4-8-13/h3-8H2,1-2H3,(H,11,15). The van der Waals surface area contributed by atoms with E-state index in [9.17, 15) is 9.59 Å². The molecule has 0 aromatic carbocycles. The van der Waals surface area contributed by atoms with E-state index in [2.05, 4.69) is 5.32 Å². The third-order valence-corrected chi connectivity index (χ3v) is 2.51. The van der Waals surface area contributed by atoms with E-state index in [1.807, 2.05) is 0 Å². The Labute approximate surface area is 90.4 Å². The maximum absolute atomic E-state index is 11.5.